The molecule has 0 spiro atoms. The summed E-state index contributed by atoms with van der Waals surface area (Å²) in [6, 6.07) is 8.99. The third-order valence-electron chi connectivity index (χ3n) is 8.17. The quantitative estimate of drug-likeness (QED) is 0.498. The molecule has 0 saturated carbocycles. The summed E-state index contributed by atoms with van der Waals surface area (Å²) in [4.78, 5) is 37.4. The maximum Gasteiger partial charge on any atom is 0.253 e. The lowest BCUT2D eigenvalue weighted by Gasteiger charge is -2.34. The molecule has 1 aromatic carbocycles. The summed E-state index contributed by atoms with van der Waals surface area (Å²) in [5, 5.41) is 2.75. The normalized spacial score (nSPS) is 21.8. The Morgan fingerprint density at radius 3 is 2.52 bits per heavy atom. The highest BCUT2D eigenvalue weighted by Gasteiger charge is 2.54. The number of pyridine rings is 2. The first kappa shape index (κ1) is 26.3. The minimum absolute atomic E-state index is 0.0420. The van der Waals surface area contributed by atoms with E-state index in [0.29, 0.717) is 48.6 Å². The fourth-order valence-electron chi connectivity index (χ4n) is 6.38. The molecule has 0 radical (unpaired) electrons. The first-order valence-electron chi connectivity index (χ1n) is 13.4. The molecule has 9 heteroatoms. The van der Waals surface area contributed by atoms with E-state index in [9.17, 15) is 18.4 Å². The number of halogens is 2. The summed E-state index contributed by atoms with van der Waals surface area (Å²) >= 11 is 0. The molecule has 1 N–H and O–H groups in total. The van der Waals surface area contributed by atoms with Crippen molar-refractivity contribution in [1.29, 1.82) is 0 Å². The van der Waals surface area contributed by atoms with Crippen LogP contribution in [0.5, 0.6) is 0 Å². The molecule has 5 heterocycles. The van der Waals surface area contributed by atoms with E-state index in [0.717, 1.165) is 11.3 Å². The largest absolute Gasteiger partial charge is 0.377 e. The number of fused-ring (bicyclic) bond motifs is 1. The van der Waals surface area contributed by atoms with Gasteiger partial charge in [0.15, 0.2) is 0 Å². The highest BCUT2D eigenvalue weighted by molar-refractivity contribution is 5.99. The standard InChI is InChI=1S/C31H30F2N4O3/c1-30(2)17-31(3,29(39)37(30)21-9-11-40-12-10-21)19-7-8-20(34-15-19)13-18-14-24(27-22(32)5-4-6-23(27)33)36-25-16-35-28(38)26(18)25/h4-9,14-15H,10-13,16-17H2,1-3H3,(H,35,38). The third-order valence-corrected chi connectivity index (χ3v) is 8.17. The van der Waals surface area contributed by atoms with Crippen LogP contribution < -0.4 is 5.32 Å². The molecule has 3 aliphatic rings. The molecule has 3 aliphatic heterocycles. The number of hydrogen-bond donors (Lipinski definition) is 1. The Morgan fingerprint density at radius 2 is 1.85 bits per heavy atom. The average molecular weight is 545 g/mol. The highest BCUT2D eigenvalue weighted by Crippen LogP contribution is 2.47. The molecule has 0 bridgehead atoms. The van der Waals surface area contributed by atoms with Gasteiger partial charge in [-0.05, 0) is 68.7 Å². The molecule has 2 aromatic heterocycles. The Labute approximate surface area is 231 Å². The van der Waals surface area contributed by atoms with Crippen LogP contribution in [0.2, 0.25) is 0 Å². The van der Waals surface area contributed by atoms with Gasteiger partial charge in [-0.15, -0.1) is 0 Å². The zero-order chi connectivity index (χ0) is 28.2. The van der Waals surface area contributed by atoms with Crippen LogP contribution in [0.4, 0.5) is 8.78 Å². The van der Waals surface area contributed by atoms with E-state index in [2.05, 4.69) is 29.1 Å². The number of likely N-dealkylation sites (tertiary alicyclic amines) is 1. The second kappa shape index (κ2) is 9.59. The number of carbonyl (C=O) groups is 2. The minimum atomic E-state index is -0.749. The van der Waals surface area contributed by atoms with Gasteiger partial charge >= 0.3 is 0 Å². The van der Waals surface area contributed by atoms with E-state index in [1.165, 1.54) is 18.2 Å². The number of ether oxygens (including phenoxy) is 1. The molecule has 3 aromatic rings. The van der Waals surface area contributed by atoms with Gasteiger partial charge in [-0.3, -0.25) is 14.6 Å². The molecule has 7 nitrogen and oxygen atoms in total. The molecular formula is C31H30F2N4O3. The van der Waals surface area contributed by atoms with Crippen molar-refractivity contribution in [3.8, 4) is 11.3 Å². The predicted octanol–water partition coefficient (Wildman–Crippen LogP) is 4.83. The number of rotatable bonds is 5. The monoisotopic (exact) mass is 544 g/mol. The van der Waals surface area contributed by atoms with Crippen LogP contribution in [-0.4, -0.2) is 45.4 Å². The molecule has 40 heavy (non-hydrogen) atoms. The van der Waals surface area contributed by atoms with E-state index in [4.69, 9.17) is 4.74 Å². The first-order valence-corrected chi connectivity index (χ1v) is 13.4. The smallest absolute Gasteiger partial charge is 0.253 e. The summed E-state index contributed by atoms with van der Waals surface area (Å²) in [6.45, 7) is 7.42. The van der Waals surface area contributed by atoms with Crippen molar-refractivity contribution in [2.24, 2.45) is 0 Å². The summed E-state index contributed by atoms with van der Waals surface area (Å²) < 4.78 is 34.6. The van der Waals surface area contributed by atoms with Crippen molar-refractivity contribution < 1.29 is 23.1 Å². The van der Waals surface area contributed by atoms with Crippen molar-refractivity contribution in [1.82, 2.24) is 20.2 Å². The Hall–Kier alpha value is -3.98. The van der Waals surface area contributed by atoms with Crippen LogP contribution in [-0.2, 0) is 27.9 Å². The third kappa shape index (κ3) is 4.29. The number of nitrogens with one attached hydrogen (secondary N) is 1. The molecule has 2 amide bonds. The Morgan fingerprint density at radius 1 is 1.07 bits per heavy atom. The van der Waals surface area contributed by atoms with Crippen LogP contribution in [0, 0.1) is 11.6 Å². The summed E-state index contributed by atoms with van der Waals surface area (Å²) in [5.41, 5.74) is 2.71. The van der Waals surface area contributed by atoms with Crippen molar-refractivity contribution >= 4 is 11.8 Å². The zero-order valence-electron chi connectivity index (χ0n) is 22.7. The average Bonchev–Trinajstić information content (AvgIpc) is 3.38. The van der Waals surface area contributed by atoms with Crippen molar-refractivity contribution in [2.75, 3.05) is 13.2 Å². The molecule has 6 rings (SSSR count). The highest BCUT2D eigenvalue weighted by atomic mass is 19.1. The minimum Gasteiger partial charge on any atom is -0.377 e. The number of benzene rings is 1. The zero-order valence-corrected chi connectivity index (χ0v) is 22.7. The van der Waals surface area contributed by atoms with Crippen molar-refractivity contribution in [2.45, 2.75) is 57.5 Å². The number of amides is 2. The van der Waals surface area contributed by atoms with Gasteiger partial charge in [0.1, 0.15) is 11.6 Å². The SMILES string of the molecule is CC1(c2ccc(Cc3cc(-c4c(F)cccc4F)nc4c3C(=O)NC4)nc2)CC(C)(C)N(C2=CCOCC2)C1=O. The Bertz CT molecular complexity index is 1550. The van der Waals surface area contributed by atoms with E-state index in [1.54, 1.807) is 12.3 Å². The lowest BCUT2D eigenvalue weighted by Crippen LogP contribution is -2.42. The number of hydrogen-bond acceptors (Lipinski definition) is 5. The van der Waals surface area contributed by atoms with E-state index >= 15 is 0 Å². The summed E-state index contributed by atoms with van der Waals surface area (Å²) in [5.74, 6) is -1.67. The first-order chi connectivity index (χ1) is 19.1. The molecule has 1 atom stereocenters. The number of aromatic nitrogens is 2. The van der Waals surface area contributed by atoms with Gasteiger partial charge in [0.05, 0.1) is 47.7 Å². The van der Waals surface area contributed by atoms with Crippen LogP contribution >= 0.6 is 0 Å². The maximum atomic E-state index is 14.6. The predicted molar refractivity (Wildman–Crippen MR) is 144 cm³/mol. The number of carbonyl (C=O) groups excluding carboxylic acids is 2. The van der Waals surface area contributed by atoms with Gasteiger partial charge < -0.3 is 15.0 Å². The molecule has 206 valence electrons. The molecular weight excluding hydrogens is 514 g/mol. The summed E-state index contributed by atoms with van der Waals surface area (Å²) in [6.07, 6.45) is 5.31. The number of nitrogens with zero attached hydrogens (tertiary/aromatic N) is 3. The van der Waals surface area contributed by atoms with Crippen LogP contribution in [0.1, 0.15) is 66.5 Å². The molecule has 1 unspecified atom stereocenters. The van der Waals surface area contributed by atoms with Crippen LogP contribution in [0.3, 0.4) is 0 Å². The summed E-state index contributed by atoms with van der Waals surface area (Å²) in [7, 11) is 0. The van der Waals surface area contributed by atoms with Crippen LogP contribution in [0.25, 0.3) is 11.3 Å². The fraction of sp³-hybridized carbons (Fsp3) is 0.355. The van der Waals surface area contributed by atoms with Crippen molar-refractivity contribution in [3.63, 3.8) is 0 Å². The van der Waals surface area contributed by atoms with Gasteiger partial charge in [-0.25, -0.2) is 13.8 Å². The van der Waals surface area contributed by atoms with E-state index in [-0.39, 0.29) is 41.6 Å². The lowest BCUT2D eigenvalue weighted by molar-refractivity contribution is -0.132. The second-order valence-corrected chi connectivity index (χ2v) is 11.5. The second-order valence-electron chi connectivity index (χ2n) is 11.5. The topological polar surface area (TPSA) is 84.4 Å². The Balaban J connectivity index is 1.32. The van der Waals surface area contributed by atoms with E-state index in [1.807, 2.05) is 30.0 Å². The van der Waals surface area contributed by atoms with Gasteiger partial charge in [-0.1, -0.05) is 12.1 Å². The van der Waals surface area contributed by atoms with Gasteiger partial charge in [0.25, 0.3) is 5.91 Å². The molecule has 1 saturated heterocycles. The molecule has 1 fully saturated rings. The van der Waals surface area contributed by atoms with E-state index < -0.39 is 17.0 Å². The lowest BCUT2D eigenvalue weighted by atomic mass is 9.78. The van der Waals surface area contributed by atoms with Gasteiger partial charge in [0, 0.05) is 36.0 Å². The van der Waals surface area contributed by atoms with Gasteiger partial charge in [0.2, 0.25) is 5.91 Å². The van der Waals surface area contributed by atoms with Crippen molar-refractivity contribution in [3.05, 3.63) is 94.1 Å². The Kier molecular flexibility index (Phi) is 6.29. The maximum absolute atomic E-state index is 14.6. The fourth-order valence-corrected chi connectivity index (χ4v) is 6.38. The molecule has 0 aliphatic carbocycles. The van der Waals surface area contributed by atoms with Gasteiger partial charge in [-0.2, -0.15) is 0 Å². The van der Waals surface area contributed by atoms with Crippen LogP contribution in [0.15, 0.2) is 54.4 Å².